The minimum absolute atomic E-state index is 0.223. The van der Waals surface area contributed by atoms with Gasteiger partial charge in [-0.1, -0.05) is 13.3 Å². The SMILES string of the molecule is CCCC1(O)CN(S(=O)(=O)c2c(F)cc(F)cc2F)C1. The molecule has 2 rings (SSSR count). The number of β-amino-alcohol motifs (C(OH)–C–C–N with tert-alkyl or cyclic N) is 1. The molecule has 1 aliphatic rings. The second kappa shape index (κ2) is 5.01. The van der Waals surface area contributed by atoms with E-state index >= 15 is 0 Å². The lowest BCUT2D eigenvalue weighted by molar-refractivity contribution is -0.0654. The monoisotopic (exact) mass is 309 g/mol. The van der Waals surface area contributed by atoms with Gasteiger partial charge in [-0.2, -0.15) is 4.31 Å². The number of benzene rings is 1. The summed E-state index contributed by atoms with van der Waals surface area (Å²) in [6.07, 6.45) is 1.05. The van der Waals surface area contributed by atoms with Gasteiger partial charge < -0.3 is 5.11 Å². The Morgan fingerprint density at radius 2 is 1.75 bits per heavy atom. The van der Waals surface area contributed by atoms with Gasteiger partial charge >= 0.3 is 0 Å². The molecule has 20 heavy (non-hydrogen) atoms. The molecule has 0 aliphatic carbocycles. The molecule has 0 bridgehead atoms. The number of halogens is 3. The number of hydrogen-bond donors (Lipinski definition) is 1. The largest absolute Gasteiger partial charge is 0.387 e. The van der Waals surface area contributed by atoms with Crippen LogP contribution in [-0.2, 0) is 10.0 Å². The minimum atomic E-state index is -4.41. The Morgan fingerprint density at radius 1 is 1.25 bits per heavy atom. The Morgan fingerprint density at radius 3 is 2.20 bits per heavy atom. The predicted octanol–water partition coefficient (Wildman–Crippen LogP) is 1.64. The summed E-state index contributed by atoms with van der Waals surface area (Å²) in [5, 5.41) is 9.92. The summed E-state index contributed by atoms with van der Waals surface area (Å²) in [6.45, 7) is 1.38. The first-order valence-electron chi connectivity index (χ1n) is 6.07. The molecule has 112 valence electrons. The maximum atomic E-state index is 13.5. The van der Waals surface area contributed by atoms with E-state index in [0.717, 1.165) is 4.31 Å². The van der Waals surface area contributed by atoms with E-state index in [1.165, 1.54) is 0 Å². The van der Waals surface area contributed by atoms with Crippen LogP contribution >= 0.6 is 0 Å². The van der Waals surface area contributed by atoms with Crippen LogP contribution in [0, 0.1) is 17.5 Å². The smallest absolute Gasteiger partial charge is 0.249 e. The van der Waals surface area contributed by atoms with Crippen molar-refractivity contribution in [3.8, 4) is 0 Å². The molecule has 1 fully saturated rings. The molecule has 1 aromatic rings. The molecule has 1 heterocycles. The van der Waals surface area contributed by atoms with E-state index in [4.69, 9.17) is 0 Å². The lowest BCUT2D eigenvalue weighted by Gasteiger charge is -2.45. The lowest BCUT2D eigenvalue weighted by Crippen LogP contribution is -2.63. The van der Waals surface area contributed by atoms with E-state index in [1.54, 1.807) is 0 Å². The average molecular weight is 309 g/mol. The van der Waals surface area contributed by atoms with Gasteiger partial charge in [0.1, 0.15) is 17.5 Å². The lowest BCUT2D eigenvalue weighted by atomic mass is 9.92. The van der Waals surface area contributed by atoms with E-state index in [-0.39, 0.29) is 13.1 Å². The highest BCUT2D eigenvalue weighted by Gasteiger charge is 2.48. The third kappa shape index (κ3) is 2.55. The van der Waals surface area contributed by atoms with Crippen molar-refractivity contribution in [1.29, 1.82) is 0 Å². The van der Waals surface area contributed by atoms with Crippen LogP contribution in [0.3, 0.4) is 0 Å². The third-order valence-electron chi connectivity index (χ3n) is 3.22. The van der Waals surface area contributed by atoms with Crippen molar-refractivity contribution in [3.05, 3.63) is 29.6 Å². The fraction of sp³-hybridized carbons (Fsp3) is 0.500. The Hall–Kier alpha value is -1.12. The highest BCUT2D eigenvalue weighted by atomic mass is 32.2. The molecule has 0 aromatic heterocycles. The van der Waals surface area contributed by atoms with Gasteiger partial charge in [-0.15, -0.1) is 0 Å². The highest BCUT2D eigenvalue weighted by molar-refractivity contribution is 7.89. The fourth-order valence-corrected chi connectivity index (χ4v) is 4.00. The summed E-state index contributed by atoms with van der Waals surface area (Å²) in [5.74, 6) is -4.15. The molecule has 1 aromatic carbocycles. The molecule has 1 saturated heterocycles. The van der Waals surface area contributed by atoms with E-state index in [0.29, 0.717) is 25.0 Å². The van der Waals surface area contributed by atoms with E-state index in [9.17, 15) is 26.7 Å². The molecule has 0 saturated carbocycles. The Balaban J connectivity index is 2.30. The van der Waals surface area contributed by atoms with Gasteiger partial charge in [-0.3, -0.25) is 0 Å². The molecule has 1 N–H and O–H groups in total. The first-order chi connectivity index (χ1) is 9.19. The van der Waals surface area contributed by atoms with Gasteiger partial charge in [0.05, 0.1) is 5.60 Å². The van der Waals surface area contributed by atoms with Crippen molar-refractivity contribution in [1.82, 2.24) is 4.31 Å². The topological polar surface area (TPSA) is 57.6 Å². The van der Waals surface area contributed by atoms with Gasteiger partial charge in [0, 0.05) is 25.2 Å². The summed E-state index contributed by atoms with van der Waals surface area (Å²) >= 11 is 0. The number of aliphatic hydroxyl groups is 1. The Kier molecular flexibility index (Phi) is 3.83. The summed E-state index contributed by atoms with van der Waals surface area (Å²) in [7, 11) is -4.41. The number of hydrogen-bond acceptors (Lipinski definition) is 3. The minimum Gasteiger partial charge on any atom is -0.387 e. The maximum Gasteiger partial charge on any atom is 0.249 e. The van der Waals surface area contributed by atoms with Crippen LogP contribution in [0.1, 0.15) is 19.8 Å². The Bertz CT molecular complexity index is 604. The van der Waals surface area contributed by atoms with Crippen LogP contribution in [0.25, 0.3) is 0 Å². The molecule has 8 heteroatoms. The van der Waals surface area contributed by atoms with Gasteiger partial charge in [0.25, 0.3) is 0 Å². The van der Waals surface area contributed by atoms with Gasteiger partial charge in [-0.25, -0.2) is 21.6 Å². The van der Waals surface area contributed by atoms with E-state index in [1.807, 2.05) is 6.92 Å². The van der Waals surface area contributed by atoms with Crippen molar-refractivity contribution in [2.24, 2.45) is 0 Å². The molecule has 0 spiro atoms. The van der Waals surface area contributed by atoms with Crippen LogP contribution in [0.5, 0.6) is 0 Å². The second-order valence-electron chi connectivity index (χ2n) is 4.95. The fourth-order valence-electron chi connectivity index (χ4n) is 2.31. The second-order valence-corrected chi connectivity index (χ2v) is 6.82. The quantitative estimate of drug-likeness (QED) is 0.920. The Labute approximate surface area is 114 Å². The summed E-state index contributed by atoms with van der Waals surface area (Å²) in [6, 6.07) is 0.627. The number of sulfonamides is 1. The van der Waals surface area contributed by atoms with Crippen molar-refractivity contribution >= 4 is 10.0 Å². The molecular weight excluding hydrogens is 295 g/mol. The first kappa shape index (κ1) is 15.3. The van der Waals surface area contributed by atoms with Crippen molar-refractivity contribution in [3.63, 3.8) is 0 Å². The van der Waals surface area contributed by atoms with Gasteiger partial charge in [-0.05, 0) is 6.42 Å². The summed E-state index contributed by atoms with van der Waals surface area (Å²) in [4.78, 5) is -1.18. The number of rotatable bonds is 4. The van der Waals surface area contributed by atoms with Crippen LogP contribution < -0.4 is 0 Å². The first-order valence-corrected chi connectivity index (χ1v) is 7.51. The molecule has 0 radical (unpaired) electrons. The highest BCUT2D eigenvalue weighted by Crippen LogP contribution is 2.33. The van der Waals surface area contributed by atoms with Crippen molar-refractivity contribution in [2.45, 2.75) is 30.3 Å². The molecule has 0 unspecified atom stereocenters. The molecule has 0 amide bonds. The zero-order chi connectivity index (χ0) is 15.1. The average Bonchev–Trinajstić information content (AvgIpc) is 2.23. The van der Waals surface area contributed by atoms with E-state index < -0.39 is 38.0 Å². The number of nitrogens with zero attached hydrogens (tertiary/aromatic N) is 1. The van der Waals surface area contributed by atoms with Crippen molar-refractivity contribution in [2.75, 3.05) is 13.1 Å². The van der Waals surface area contributed by atoms with Crippen LogP contribution in [-0.4, -0.2) is 36.5 Å². The summed E-state index contributed by atoms with van der Waals surface area (Å²) < 4.78 is 64.8. The third-order valence-corrected chi connectivity index (χ3v) is 5.06. The molecule has 1 aliphatic heterocycles. The van der Waals surface area contributed by atoms with E-state index in [2.05, 4.69) is 0 Å². The van der Waals surface area contributed by atoms with Crippen molar-refractivity contribution < 1.29 is 26.7 Å². The molecule has 4 nitrogen and oxygen atoms in total. The standard InChI is InChI=1S/C12H14F3NO3S/c1-2-3-12(17)6-16(7-12)20(18,19)11-9(14)4-8(13)5-10(11)15/h4-5,17H,2-3,6-7H2,1H3. The normalized spacial score (nSPS) is 18.9. The van der Waals surface area contributed by atoms with Gasteiger partial charge in [0.2, 0.25) is 10.0 Å². The molecule has 0 atom stereocenters. The van der Waals surface area contributed by atoms with Crippen LogP contribution in [0.4, 0.5) is 13.2 Å². The predicted molar refractivity (Wildman–Crippen MR) is 64.9 cm³/mol. The zero-order valence-corrected chi connectivity index (χ0v) is 11.6. The van der Waals surface area contributed by atoms with Gasteiger partial charge in [0.15, 0.2) is 4.90 Å². The van der Waals surface area contributed by atoms with Crippen LogP contribution in [0.2, 0.25) is 0 Å². The summed E-state index contributed by atoms with van der Waals surface area (Å²) in [5.41, 5.74) is -1.16. The van der Waals surface area contributed by atoms with Crippen LogP contribution in [0.15, 0.2) is 17.0 Å². The molecular formula is C12H14F3NO3S. The maximum absolute atomic E-state index is 13.5. The zero-order valence-electron chi connectivity index (χ0n) is 10.7.